The van der Waals surface area contributed by atoms with Crippen LogP contribution in [0.2, 0.25) is 0 Å². The summed E-state index contributed by atoms with van der Waals surface area (Å²) in [6.07, 6.45) is 3.73. The largest absolute Gasteiger partial charge is 0.492 e. The first kappa shape index (κ1) is 26.1. The first-order valence-corrected chi connectivity index (χ1v) is 12.1. The number of aromatic hydroxyl groups is 1. The quantitative estimate of drug-likeness (QED) is 0.189. The second-order valence-electron chi connectivity index (χ2n) is 8.87. The fourth-order valence-electron chi connectivity index (χ4n) is 4.44. The Morgan fingerprint density at radius 1 is 0.921 bits per heavy atom. The van der Waals surface area contributed by atoms with Gasteiger partial charge in [0.2, 0.25) is 11.3 Å². The topological polar surface area (TPSA) is 170 Å². The number of fused-ring (bicyclic) bond motifs is 1. The van der Waals surface area contributed by atoms with Crippen LogP contribution >= 0.6 is 0 Å². The summed E-state index contributed by atoms with van der Waals surface area (Å²) in [6, 6.07) is 8.10. The third-order valence-electron chi connectivity index (χ3n) is 6.46. The minimum Gasteiger partial charge on any atom is -0.492 e. The zero-order valence-electron chi connectivity index (χ0n) is 20.8. The Kier molecular flexibility index (Phi) is 7.25. The van der Waals surface area contributed by atoms with Gasteiger partial charge >= 0.3 is 0 Å². The van der Waals surface area contributed by atoms with Gasteiger partial charge in [-0.25, -0.2) is 0 Å². The third kappa shape index (κ3) is 4.37. The van der Waals surface area contributed by atoms with Crippen molar-refractivity contribution in [1.29, 1.82) is 5.26 Å². The summed E-state index contributed by atoms with van der Waals surface area (Å²) in [6.45, 7) is 3.93. The number of hydrazine groups is 1. The van der Waals surface area contributed by atoms with E-state index in [0.717, 1.165) is 42.5 Å². The zero-order valence-corrected chi connectivity index (χ0v) is 20.8. The molecule has 0 saturated carbocycles. The molecule has 1 aromatic carbocycles. The van der Waals surface area contributed by atoms with E-state index in [1.165, 1.54) is 25.1 Å². The van der Waals surface area contributed by atoms with Gasteiger partial charge in [0.25, 0.3) is 5.56 Å². The fraction of sp³-hybridized carbons (Fsp3) is 0.259. The summed E-state index contributed by atoms with van der Waals surface area (Å²) >= 11 is 0. The second-order valence-corrected chi connectivity index (χ2v) is 8.87. The van der Waals surface area contributed by atoms with Crippen LogP contribution in [0.1, 0.15) is 43.7 Å². The van der Waals surface area contributed by atoms with Crippen LogP contribution in [0.3, 0.4) is 0 Å². The lowest BCUT2D eigenvalue weighted by Gasteiger charge is -2.18. The molecule has 0 fully saturated rings. The van der Waals surface area contributed by atoms with Crippen LogP contribution in [0.25, 0.3) is 10.8 Å². The first-order valence-electron chi connectivity index (χ1n) is 12.1. The van der Waals surface area contributed by atoms with Crippen LogP contribution in [0, 0.1) is 28.7 Å². The van der Waals surface area contributed by atoms with Crippen LogP contribution < -0.4 is 43.6 Å². The van der Waals surface area contributed by atoms with Crippen LogP contribution in [-0.4, -0.2) is 16.3 Å². The van der Waals surface area contributed by atoms with Gasteiger partial charge < -0.3 is 10.5 Å². The molecular weight excluding hydrogens is 490 g/mol. The van der Waals surface area contributed by atoms with E-state index in [1.807, 2.05) is 6.07 Å². The number of nitrogens with one attached hydrogen (secondary N) is 3. The number of benzene rings is 1. The summed E-state index contributed by atoms with van der Waals surface area (Å²) in [5, 5.41) is 19.0. The highest BCUT2D eigenvalue weighted by Gasteiger charge is 2.20. The molecule has 11 nitrogen and oxygen atoms in total. The van der Waals surface area contributed by atoms with Crippen molar-refractivity contribution < 1.29 is 5.11 Å². The number of nitriles is 1. The number of hydrogen-bond donors (Lipinski definition) is 4. The fourth-order valence-corrected chi connectivity index (χ4v) is 4.44. The maximum absolute atomic E-state index is 13.3. The number of rotatable bonds is 9. The second kappa shape index (κ2) is 10.6. The van der Waals surface area contributed by atoms with E-state index in [4.69, 9.17) is 0 Å². The normalized spacial score (nSPS) is 11.0. The Bertz CT molecular complexity index is 1930. The van der Waals surface area contributed by atoms with E-state index in [9.17, 15) is 34.3 Å². The van der Waals surface area contributed by atoms with Gasteiger partial charge in [0.15, 0.2) is 16.3 Å². The highest BCUT2D eigenvalue weighted by Crippen LogP contribution is 2.24. The van der Waals surface area contributed by atoms with Crippen LogP contribution in [0.15, 0.2) is 54.3 Å². The summed E-state index contributed by atoms with van der Waals surface area (Å²) < 4.78 is 0.881. The highest BCUT2D eigenvalue weighted by atomic mass is 16.3. The lowest BCUT2D eigenvalue weighted by atomic mass is 10.0. The van der Waals surface area contributed by atoms with E-state index in [1.54, 1.807) is 0 Å². The molecule has 0 unspecified atom stereocenters. The molecule has 38 heavy (non-hydrogen) atoms. The zero-order chi connectivity index (χ0) is 27.6. The summed E-state index contributed by atoms with van der Waals surface area (Å²) in [5.41, 5.74) is 4.59. The molecule has 4 N–H and O–H groups in total. The number of nitrogens with zero attached hydrogens (tertiary/aromatic N) is 2. The van der Waals surface area contributed by atoms with Crippen LogP contribution in [0.4, 0.5) is 11.4 Å². The minimum absolute atomic E-state index is 0.0664. The summed E-state index contributed by atoms with van der Waals surface area (Å²) in [5.74, 6) is -0.526. The number of unbranched alkanes of at least 4 members (excludes halogenated alkanes) is 3. The molecule has 0 aliphatic heterocycles. The average molecular weight is 516 g/mol. The molecular formula is C27H25N5O6. The molecule has 1 aromatic heterocycles. The molecule has 0 bridgehead atoms. The molecule has 0 atom stereocenters. The Balaban J connectivity index is 1.81. The molecule has 0 spiro atoms. The Hall–Kier alpha value is -4.98. The maximum Gasteiger partial charge on any atom is 0.297 e. The summed E-state index contributed by atoms with van der Waals surface area (Å²) in [7, 11) is 0. The van der Waals surface area contributed by atoms with Gasteiger partial charge in [-0.2, -0.15) is 9.94 Å². The molecule has 2 aliphatic carbocycles. The number of hydrogen-bond acceptors (Lipinski definition) is 10. The predicted octanol–water partition coefficient (Wildman–Crippen LogP) is 1.49. The van der Waals surface area contributed by atoms with Gasteiger partial charge in [-0.1, -0.05) is 38.3 Å². The van der Waals surface area contributed by atoms with Crippen molar-refractivity contribution in [1.82, 2.24) is 4.68 Å². The SMILES string of the molecule is CCCCCCNn1c(O)c(C#N)c(C)c(NNc2cccc3c(=O)c4c(=O)ccc(=O)c=4c(=O)c23)c1=O. The molecule has 2 aromatic rings. The lowest BCUT2D eigenvalue weighted by Crippen LogP contribution is -2.34. The van der Waals surface area contributed by atoms with Crippen molar-refractivity contribution in [2.45, 2.75) is 39.5 Å². The molecule has 0 radical (unpaired) electrons. The Morgan fingerprint density at radius 3 is 2.26 bits per heavy atom. The number of aromatic nitrogens is 1. The van der Waals surface area contributed by atoms with E-state index in [-0.39, 0.29) is 33.3 Å². The van der Waals surface area contributed by atoms with Crippen molar-refractivity contribution in [3.8, 4) is 11.9 Å². The van der Waals surface area contributed by atoms with Gasteiger partial charge in [-0.15, -0.1) is 0 Å². The van der Waals surface area contributed by atoms with Crippen LogP contribution in [0.5, 0.6) is 5.88 Å². The van der Waals surface area contributed by atoms with Gasteiger partial charge in [-0.3, -0.25) is 34.8 Å². The van der Waals surface area contributed by atoms with Gasteiger partial charge in [0, 0.05) is 17.5 Å². The van der Waals surface area contributed by atoms with E-state index in [2.05, 4.69) is 23.2 Å². The van der Waals surface area contributed by atoms with Crippen molar-refractivity contribution in [2.75, 3.05) is 22.8 Å². The van der Waals surface area contributed by atoms with E-state index >= 15 is 0 Å². The molecule has 2 aliphatic rings. The monoisotopic (exact) mass is 515 g/mol. The van der Waals surface area contributed by atoms with Crippen molar-refractivity contribution in [3.63, 3.8) is 0 Å². The maximum atomic E-state index is 13.3. The van der Waals surface area contributed by atoms with Gasteiger partial charge in [0.05, 0.1) is 21.5 Å². The Morgan fingerprint density at radius 2 is 1.61 bits per heavy atom. The standard InChI is InChI=1S/C27H25N5O6/c1-3-4-5-6-12-29-32-26(37)16(13-28)14(2)23(27(32)38)31-30-17-9-7-8-15-20(17)25(36)22-19(34)11-10-18(33)21(22)24(15)35/h7-11,29-31,37H,3-6,12H2,1-2H3. The number of pyridine rings is 1. The van der Waals surface area contributed by atoms with Crippen molar-refractivity contribution in [2.24, 2.45) is 0 Å². The minimum atomic E-state index is -0.798. The van der Waals surface area contributed by atoms with E-state index in [0.29, 0.717) is 6.54 Å². The smallest absolute Gasteiger partial charge is 0.297 e. The number of anilines is 2. The van der Waals surface area contributed by atoms with Gasteiger partial charge in [0.1, 0.15) is 17.3 Å². The molecule has 0 saturated heterocycles. The third-order valence-corrected chi connectivity index (χ3v) is 6.46. The van der Waals surface area contributed by atoms with Gasteiger partial charge in [-0.05, 0) is 31.5 Å². The lowest BCUT2D eigenvalue weighted by molar-refractivity contribution is 0.420. The highest BCUT2D eigenvalue weighted by molar-refractivity contribution is 5.94. The molecule has 1 heterocycles. The molecule has 4 rings (SSSR count). The molecule has 11 heteroatoms. The molecule has 194 valence electrons. The first-order chi connectivity index (χ1) is 18.2. The van der Waals surface area contributed by atoms with Crippen molar-refractivity contribution >= 4 is 22.1 Å². The Labute approximate surface area is 214 Å². The summed E-state index contributed by atoms with van der Waals surface area (Å²) in [4.78, 5) is 64.2. The molecule has 0 amide bonds. The predicted molar refractivity (Wildman–Crippen MR) is 144 cm³/mol. The van der Waals surface area contributed by atoms with Crippen molar-refractivity contribution in [3.05, 3.63) is 103 Å². The van der Waals surface area contributed by atoms with Crippen LogP contribution in [-0.2, 0) is 0 Å². The average Bonchev–Trinajstić information content (AvgIpc) is 2.90. The van der Waals surface area contributed by atoms with E-state index < -0.39 is 43.6 Å².